The molecule has 1 atom stereocenters. The highest BCUT2D eigenvalue weighted by atomic mass is 32.2. The summed E-state index contributed by atoms with van der Waals surface area (Å²) >= 11 is 0. The lowest BCUT2D eigenvalue weighted by atomic mass is 9.98. The fraction of sp³-hybridized carbons (Fsp3) is 0.222. The number of methoxy groups -OCH3 is 1. The summed E-state index contributed by atoms with van der Waals surface area (Å²) in [6.07, 6.45) is 0. The fourth-order valence-corrected chi connectivity index (χ4v) is 5.78. The van der Waals surface area contributed by atoms with Crippen molar-refractivity contribution in [3.05, 3.63) is 106 Å². The molecule has 4 rings (SSSR count). The number of benzene rings is 3. The molecule has 34 heavy (non-hydrogen) atoms. The summed E-state index contributed by atoms with van der Waals surface area (Å²) in [5.41, 5.74) is 2.49. The average molecular weight is 478 g/mol. The highest BCUT2D eigenvalue weighted by Crippen LogP contribution is 2.43. The maximum absolute atomic E-state index is 13.6. The van der Waals surface area contributed by atoms with Crippen LogP contribution in [-0.2, 0) is 21.2 Å². The number of carbonyl (C=O) groups is 1. The van der Waals surface area contributed by atoms with E-state index in [9.17, 15) is 18.3 Å². The van der Waals surface area contributed by atoms with E-state index in [4.69, 9.17) is 4.74 Å². The van der Waals surface area contributed by atoms with Crippen molar-refractivity contribution in [1.29, 1.82) is 0 Å². The summed E-state index contributed by atoms with van der Waals surface area (Å²) in [6.45, 7) is 4.26. The first-order valence-corrected chi connectivity index (χ1v) is 12.5. The third kappa shape index (κ3) is 4.31. The van der Waals surface area contributed by atoms with Crippen molar-refractivity contribution in [1.82, 2.24) is 4.90 Å². The molecule has 0 saturated heterocycles. The molecule has 1 N–H and O–H groups in total. The Bertz CT molecular complexity index is 1310. The normalized spacial score (nSPS) is 16.4. The summed E-state index contributed by atoms with van der Waals surface area (Å²) in [5, 5.41) is 10.8. The van der Waals surface area contributed by atoms with Gasteiger partial charge in [0.1, 0.15) is 10.7 Å². The highest BCUT2D eigenvalue weighted by Gasteiger charge is 2.46. The van der Waals surface area contributed by atoms with Gasteiger partial charge in [-0.15, -0.1) is 0 Å². The van der Waals surface area contributed by atoms with Crippen LogP contribution in [0.3, 0.4) is 0 Å². The molecule has 6 nitrogen and oxygen atoms in total. The monoisotopic (exact) mass is 477 g/mol. The molecule has 176 valence electrons. The van der Waals surface area contributed by atoms with Gasteiger partial charge >= 0.3 is 0 Å². The van der Waals surface area contributed by atoms with E-state index in [0.717, 1.165) is 11.1 Å². The van der Waals surface area contributed by atoms with Gasteiger partial charge in [0.15, 0.2) is 5.76 Å². The standard InChI is InChI=1S/C27H27NO5S/c1-18(2)20-11-13-21(14-12-20)24-26(34(31,32)23-7-5-4-6-8-23)25(29)27(30)28(24)17-19-9-15-22(33-3)16-10-19/h4-16,18,24,29H,17H2,1-3H3/t24-/m1/s1. The largest absolute Gasteiger partial charge is 0.502 e. The number of rotatable bonds is 7. The Labute approximate surface area is 200 Å². The second kappa shape index (κ2) is 9.35. The summed E-state index contributed by atoms with van der Waals surface area (Å²) in [4.78, 5) is 14.3. The van der Waals surface area contributed by atoms with Crippen molar-refractivity contribution < 1.29 is 23.1 Å². The van der Waals surface area contributed by atoms with E-state index < -0.39 is 27.5 Å². The van der Waals surface area contributed by atoms with Crippen molar-refractivity contribution in [3.8, 4) is 5.75 Å². The van der Waals surface area contributed by atoms with Gasteiger partial charge in [-0.3, -0.25) is 4.79 Å². The van der Waals surface area contributed by atoms with Crippen LogP contribution in [0.15, 0.2) is 94.4 Å². The summed E-state index contributed by atoms with van der Waals surface area (Å²) in [5.74, 6) is -0.490. The number of amides is 1. The van der Waals surface area contributed by atoms with Crippen molar-refractivity contribution >= 4 is 15.7 Å². The van der Waals surface area contributed by atoms with Crippen molar-refractivity contribution in [3.63, 3.8) is 0 Å². The van der Waals surface area contributed by atoms with Crippen molar-refractivity contribution in [2.75, 3.05) is 7.11 Å². The summed E-state index contributed by atoms with van der Waals surface area (Å²) < 4.78 is 32.4. The molecule has 0 saturated carbocycles. The SMILES string of the molecule is COc1ccc(CN2C(=O)C(O)=C(S(=O)(=O)c3ccccc3)[C@H]2c2ccc(C(C)C)cc2)cc1. The molecular formula is C27H27NO5S. The van der Waals surface area contributed by atoms with Crippen molar-refractivity contribution in [2.24, 2.45) is 0 Å². The van der Waals surface area contributed by atoms with Gasteiger partial charge in [-0.2, -0.15) is 0 Å². The molecule has 7 heteroatoms. The minimum atomic E-state index is -4.13. The molecule has 0 fully saturated rings. The molecule has 3 aromatic carbocycles. The van der Waals surface area contributed by atoms with Gasteiger partial charge in [-0.05, 0) is 46.9 Å². The number of hydrogen-bond donors (Lipinski definition) is 1. The highest BCUT2D eigenvalue weighted by molar-refractivity contribution is 7.95. The Kier molecular flexibility index (Phi) is 6.48. The lowest BCUT2D eigenvalue weighted by Gasteiger charge is -2.27. The second-order valence-corrected chi connectivity index (χ2v) is 10.5. The van der Waals surface area contributed by atoms with Crippen LogP contribution >= 0.6 is 0 Å². The maximum atomic E-state index is 13.6. The van der Waals surface area contributed by atoms with Crippen LogP contribution in [0.1, 0.15) is 42.5 Å². The second-order valence-electron chi connectivity index (χ2n) is 8.53. The lowest BCUT2D eigenvalue weighted by molar-refractivity contribution is -0.130. The van der Waals surface area contributed by atoms with Crippen LogP contribution in [0.25, 0.3) is 0 Å². The van der Waals surface area contributed by atoms with E-state index in [1.807, 2.05) is 36.4 Å². The average Bonchev–Trinajstić information content (AvgIpc) is 3.10. The number of ether oxygens (including phenoxy) is 1. The third-order valence-corrected chi connectivity index (χ3v) is 7.92. The van der Waals surface area contributed by atoms with Gasteiger partial charge in [0, 0.05) is 6.54 Å². The zero-order valence-electron chi connectivity index (χ0n) is 19.3. The summed E-state index contributed by atoms with van der Waals surface area (Å²) in [7, 11) is -2.57. The zero-order valence-corrected chi connectivity index (χ0v) is 20.1. The van der Waals surface area contributed by atoms with Gasteiger partial charge in [0.05, 0.1) is 18.0 Å². The first kappa shape index (κ1) is 23.6. The lowest BCUT2D eigenvalue weighted by Crippen LogP contribution is -2.30. The molecule has 0 radical (unpaired) electrons. The molecular weight excluding hydrogens is 450 g/mol. The first-order valence-electron chi connectivity index (χ1n) is 11.0. The van der Waals surface area contributed by atoms with Crippen LogP contribution in [-0.4, -0.2) is 31.4 Å². The van der Waals surface area contributed by atoms with Gasteiger partial charge in [-0.25, -0.2) is 8.42 Å². The number of hydrogen-bond acceptors (Lipinski definition) is 5. The maximum Gasteiger partial charge on any atom is 0.290 e. The Morgan fingerprint density at radius 3 is 2.12 bits per heavy atom. The fourth-order valence-electron chi connectivity index (χ4n) is 4.12. The summed E-state index contributed by atoms with van der Waals surface area (Å²) in [6, 6.07) is 21.6. The molecule has 0 unspecified atom stereocenters. The van der Waals surface area contributed by atoms with E-state index in [1.54, 1.807) is 37.4 Å². The van der Waals surface area contributed by atoms with E-state index >= 15 is 0 Å². The van der Waals surface area contributed by atoms with E-state index in [-0.39, 0.29) is 16.3 Å². The number of aliphatic hydroxyl groups is 1. The molecule has 1 amide bonds. The van der Waals surface area contributed by atoms with E-state index in [2.05, 4.69) is 13.8 Å². The van der Waals surface area contributed by atoms with E-state index in [1.165, 1.54) is 17.0 Å². The Balaban J connectivity index is 1.82. The molecule has 1 heterocycles. The molecule has 0 bridgehead atoms. The molecule has 0 aromatic heterocycles. The first-order chi connectivity index (χ1) is 16.2. The molecule has 1 aliphatic rings. The smallest absolute Gasteiger partial charge is 0.290 e. The number of sulfone groups is 1. The predicted octanol–water partition coefficient (Wildman–Crippen LogP) is 5.15. The molecule has 0 spiro atoms. The quantitative estimate of drug-likeness (QED) is 0.509. The minimum Gasteiger partial charge on any atom is -0.502 e. The number of aliphatic hydroxyl groups excluding tert-OH is 1. The topological polar surface area (TPSA) is 83.9 Å². The number of carbonyl (C=O) groups excluding carboxylic acids is 1. The zero-order chi connectivity index (χ0) is 24.5. The minimum absolute atomic E-state index is 0.0273. The van der Waals surface area contributed by atoms with Crippen LogP contribution in [0.5, 0.6) is 5.75 Å². The van der Waals surface area contributed by atoms with Crippen LogP contribution in [0.4, 0.5) is 0 Å². The Morgan fingerprint density at radius 2 is 1.56 bits per heavy atom. The van der Waals surface area contributed by atoms with Crippen LogP contribution in [0, 0.1) is 0 Å². The van der Waals surface area contributed by atoms with Crippen molar-refractivity contribution in [2.45, 2.75) is 37.2 Å². The van der Waals surface area contributed by atoms with Crippen LogP contribution in [0.2, 0.25) is 0 Å². The van der Waals surface area contributed by atoms with Gasteiger partial charge < -0.3 is 14.7 Å². The Hall–Kier alpha value is -3.58. The number of nitrogens with zero attached hydrogens (tertiary/aromatic N) is 1. The van der Waals surface area contributed by atoms with Gasteiger partial charge in [0.2, 0.25) is 9.84 Å². The predicted molar refractivity (Wildman–Crippen MR) is 130 cm³/mol. The van der Waals surface area contributed by atoms with E-state index in [0.29, 0.717) is 17.2 Å². The van der Waals surface area contributed by atoms with Crippen LogP contribution < -0.4 is 4.74 Å². The van der Waals surface area contributed by atoms with Gasteiger partial charge in [-0.1, -0.05) is 68.4 Å². The van der Waals surface area contributed by atoms with Gasteiger partial charge in [0.25, 0.3) is 5.91 Å². The third-order valence-electron chi connectivity index (χ3n) is 6.03. The molecule has 1 aliphatic heterocycles. The Morgan fingerprint density at radius 1 is 0.941 bits per heavy atom. The molecule has 3 aromatic rings. The molecule has 0 aliphatic carbocycles.